The molecular weight excluding hydrogens is 246 g/mol. The maximum absolute atomic E-state index is 6.11. The molecule has 0 aliphatic heterocycles. The average molecular weight is 277 g/mol. The molecule has 0 amide bonds. The Morgan fingerprint density at radius 3 is 2.10 bits per heavy atom. The lowest BCUT2D eigenvalue weighted by molar-refractivity contribution is 0.525. The first kappa shape index (κ1) is 17.1. The van der Waals surface area contributed by atoms with Gasteiger partial charge in [-0.25, -0.2) is 9.97 Å². The van der Waals surface area contributed by atoms with Gasteiger partial charge in [0, 0.05) is 12.2 Å². The minimum atomic E-state index is 0.0760. The van der Waals surface area contributed by atoms with Gasteiger partial charge in [-0.05, 0) is 12.5 Å². The molecule has 1 rings (SSSR count). The Bertz CT molecular complexity index is 313. The van der Waals surface area contributed by atoms with Gasteiger partial charge in [-0.3, -0.25) is 0 Å². The smallest absolute Gasteiger partial charge is 0.115 e. The van der Waals surface area contributed by atoms with E-state index in [0.29, 0.717) is 0 Å². The minimum Gasteiger partial charge on any atom is -0.323 e. The number of hydrogen-bond donors (Lipinski definition) is 1. The average Bonchev–Trinajstić information content (AvgIpc) is 2.50. The molecule has 0 radical (unpaired) electrons. The highest BCUT2D eigenvalue weighted by atomic mass is 14.8. The zero-order valence-electron chi connectivity index (χ0n) is 13.1. The van der Waals surface area contributed by atoms with Crippen LogP contribution in [0.5, 0.6) is 0 Å². The topological polar surface area (TPSA) is 51.8 Å². The Morgan fingerprint density at radius 2 is 1.55 bits per heavy atom. The van der Waals surface area contributed by atoms with Crippen LogP contribution in [0, 0.1) is 0 Å². The first-order valence-corrected chi connectivity index (χ1v) is 8.36. The van der Waals surface area contributed by atoms with Gasteiger partial charge in [0.15, 0.2) is 0 Å². The summed E-state index contributed by atoms with van der Waals surface area (Å²) in [5, 5.41) is 0. The number of nitrogens with two attached hydrogens (primary N) is 1. The molecule has 3 nitrogen and oxygen atoms in total. The van der Waals surface area contributed by atoms with Crippen LogP contribution in [-0.4, -0.2) is 9.97 Å². The van der Waals surface area contributed by atoms with Crippen molar-refractivity contribution in [3.63, 3.8) is 0 Å². The molecule has 0 aliphatic carbocycles. The fourth-order valence-corrected chi connectivity index (χ4v) is 2.52. The van der Waals surface area contributed by atoms with Crippen molar-refractivity contribution >= 4 is 0 Å². The van der Waals surface area contributed by atoms with Crippen LogP contribution in [0.2, 0.25) is 0 Å². The molecule has 0 spiro atoms. The third kappa shape index (κ3) is 8.26. The SMILES string of the molecule is CCCCCCCCCCCCC(N)c1ccncn1. The monoisotopic (exact) mass is 277 g/mol. The molecule has 0 aromatic carbocycles. The van der Waals surface area contributed by atoms with Gasteiger partial charge in [-0.1, -0.05) is 71.1 Å². The third-order valence-electron chi connectivity index (χ3n) is 3.85. The first-order chi connectivity index (χ1) is 9.84. The van der Waals surface area contributed by atoms with Crippen LogP contribution in [0.3, 0.4) is 0 Å². The van der Waals surface area contributed by atoms with Crippen LogP contribution in [0.15, 0.2) is 18.6 Å². The van der Waals surface area contributed by atoms with Crippen molar-refractivity contribution in [3.05, 3.63) is 24.3 Å². The van der Waals surface area contributed by atoms with Crippen molar-refractivity contribution in [2.75, 3.05) is 0 Å². The zero-order valence-corrected chi connectivity index (χ0v) is 13.1. The molecule has 114 valence electrons. The molecule has 1 unspecified atom stereocenters. The minimum absolute atomic E-state index is 0.0760. The van der Waals surface area contributed by atoms with Gasteiger partial charge in [0.05, 0.1) is 5.69 Å². The van der Waals surface area contributed by atoms with E-state index in [-0.39, 0.29) is 6.04 Å². The van der Waals surface area contributed by atoms with E-state index in [0.717, 1.165) is 12.1 Å². The molecule has 3 heteroatoms. The Balaban J connectivity index is 1.90. The van der Waals surface area contributed by atoms with E-state index >= 15 is 0 Å². The summed E-state index contributed by atoms with van der Waals surface area (Å²) in [7, 11) is 0. The lowest BCUT2D eigenvalue weighted by atomic mass is 10.0. The Labute approximate surface area is 124 Å². The Morgan fingerprint density at radius 1 is 0.950 bits per heavy atom. The molecular formula is C17H31N3. The van der Waals surface area contributed by atoms with E-state index in [4.69, 9.17) is 5.73 Å². The van der Waals surface area contributed by atoms with Crippen molar-refractivity contribution in [3.8, 4) is 0 Å². The second-order valence-corrected chi connectivity index (χ2v) is 5.71. The van der Waals surface area contributed by atoms with Crippen molar-refractivity contribution < 1.29 is 0 Å². The van der Waals surface area contributed by atoms with E-state index in [1.807, 2.05) is 6.07 Å². The van der Waals surface area contributed by atoms with Gasteiger partial charge in [0.2, 0.25) is 0 Å². The summed E-state index contributed by atoms with van der Waals surface area (Å²) < 4.78 is 0. The van der Waals surface area contributed by atoms with Gasteiger partial charge in [-0.15, -0.1) is 0 Å². The zero-order chi connectivity index (χ0) is 14.5. The van der Waals surface area contributed by atoms with E-state index < -0.39 is 0 Å². The summed E-state index contributed by atoms with van der Waals surface area (Å²) in [6.45, 7) is 2.27. The quantitative estimate of drug-likeness (QED) is 0.559. The second kappa shape index (κ2) is 11.8. The van der Waals surface area contributed by atoms with E-state index in [1.54, 1.807) is 12.5 Å². The molecule has 0 fully saturated rings. The number of nitrogens with zero attached hydrogens (tertiary/aromatic N) is 2. The lowest BCUT2D eigenvalue weighted by Crippen LogP contribution is -2.11. The Kier molecular flexibility index (Phi) is 10.1. The highest BCUT2D eigenvalue weighted by Gasteiger charge is 2.05. The van der Waals surface area contributed by atoms with Crippen molar-refractivity contribution in [1.29, 1.82) is 0 Å². The van der Waals surface area contributed by atoms with Gasteiger partial charge < -0.3 is 5.73 Å². The van der Waals surface area contributed by atoms with Gasteiger partial charge in [0.1, 0.15) is 6.33 Å². The van der Waals surface area contributed by atoms with Gasteiger partial charge in [0.25, 0.3) is 0 Å². The summed E-state index contributed by atoms with van der Waals surface area (Å²) in [5.41, 5.74) is 7.08. The highest BCUT2D eigenvalue weighted by Crippen LogP contribution is 2.16. The van der Waals surface area contributed by atoms with Crippen LogP contribution in [0.1, 0.15) is 89.3 Å². The maximum atomic E-state index is 6.11. The van der Waals surface area contributed by atoms with Crippen LogP contribution >= 0.6 is 0 Å². The van der Waals surface area contributed by atoms with E-state index in [9.17, 15) is 0 Å². The molecule has 1 heterocycles. The highest BCUT2D eigenvalue weighted by molar-refractivity contribution is 5.03. The summed E-state index contributed by atoms with van der Waals surface area (Å²) >= 11 is 0. The largest absolute Gasteiger partial charge is 0.323 e. The summed E-state index contributed by atoms with van der Waals surface area (Å²) in [6, 6.07) is 1.99. The second-order valence-electron chi connectivity index (χ2n) is 5.71. The van der Waals surface area contributed by atoms with Gasteiger partial charge >= 0.3 is 0 Å². The molecule has 0 bridgehead atoms. The molecule has 0 aliphatic rings. The molecule has 1 atom stereocenters. The van der Waals surface area contributed by atoms with Crippen LogP contribution < -0.4 is 5.73 Å². The maximum Gasteiger partial charge on any atom is 0.115 e. The predicted octanol–water partition coefficient (Wildman–Crippen LogP) is 4.79. The Hall–Kier alpha value is -0.960. The first-order valence-electron chi connectivity index (χ1n) is 8.36. The van der Waals surface area contributed by atoms with Crippen molar-refractivity contribution in [2.24, 2.45) is 5.73 Å². The van der Waals surface area contributed by atoms with Crippen LogP contribution in [-0.2, 0) is 0 Å². The molecule has 1 aromatic rings. The summed E-state index contributed by atoms with van der Waals surface area (Å²) in [6.07, 6.45) is 18.0. The van der Waals surface area contributed by atoms with Gasteiger partial charge in [-0.2, -0.15) is 0 Å². The number of rotatable bonds is 12. The molecule has 0 saturated carbocycles. The normalized spacial score (nSPS) is 12.5. The molecule has 2 N–H and O–H groups in total. The molecule has 0 saturated heterocycles. The molecule has 1 aromatic heterocycles. The predicted molar refractivity (Wildman–Crippen MR) is 85.4 cm³/mol. The van der Waals surface area contributed by atoms with Crippen molar-refractivity contribution in [1.82, 2.24) is 9.97 Å². The number of unbranched alkanes of at least 4 members (excludes halogenated alkanes) is 9. The van der Waals surface area contributed by atoms with E-state index in [1.165, 1.54) is 64.2 Å². The van der Waals surface area contributed by atoms with E-state index in [2.05, 4.69) is 16.9 Å². The summed E-state index contributed by atoms with van der Waals surface area (Å²) in [5.74, 6) is 0. The fraction of sp³-hybridized carbons (Fsp3) is 0.765. The lowest BCUT2D eigenvalue weighted by Gasteiger charge is -2.10. The number of aromatic nitrogens is 2. The standard InChI is InChI=1S/C17H31N3/c1-2-3-4-5-6-7-8-9-10-11-12-16(18)17-13-14-19-15-20-17/h13-16H,2-12,18H2,1H3. The molecule has 20 heavy (non-hydrogen) atoms. The summed E-state index contributed by atoms with van der Waals surface area (Å²) in [4.78, 5) is 8.12. The van der Waals surface area contributed by atoms with Crippen molar-refractivity contribution in [2.45, 2.75) is 83.6 Å². The van der Waals surface area contributed by atoms with Crippen LogP contribution in [0.4, 0.5) is 0 Å². The number of hydrogen-bond acceptors (Lipinski definition) is 3. The third-order valence-corrected chi connectivity index (χ3v) is 3.85. The fourth-order valence-electron chi connectivity index (χ4n) is 2.52. The van der Waals surface area contributed by atoms with Crippen LogP contribution in [0.25, 0.3) is 0 Å².